The Morgan fingerprint density at radius 3 is 1.10 bits per heavy atom. The number of allylic oxidation sites excluding steroid dienone is 3. The van der Waals surface area contributed by atoms with Crippen molar-refractivity contribution < 1.29 is 57.2 Å². The van der Waals surface area contributed by atoms with Crippen molar-refractivity contribution in [2.75, 3.05) is 59.2 Å². The Labute approximate surface area is 529 Å². The van der Waals surface area contributed by atoms with Crippen LogP contribution in [0.2, 0.25) is 0 Å². The third-order valence-electron chi connectivity index (χ3n) is 13.9. The first-order valence-corrected chi connectivity index (χ1v) is 34.6. The smallest absolute Gasteiger partial charge is 0.320 e. The van der Waals surface area contributed by atoms with Gasteiger partial charge in [-0.3, -0.25) is 38.5 Å². The quantitative estimate of drug-likeness (QED) is 0.0262. The second kappa shape index (κ2) is 76.8. The Morgan fingerprint density at radius 2 is 0.802 bits per heavy atom. The summed E-state index contributed by atoms with van der Waals surface area (Å²) in [6, 6.07) is -0.140. The minimum absolute atomic E-state index is 0.0251. The number of hydrogen-bond donors (Lipinski definition) is 1. The van der Waals surface area contributed by atoms with Crippen LogP contribution in [0.3, 0.4) is 0 Å². The van der Waals surface area contributed by atoms with Crippen molar-refractivity contribution in [1.29, 1.82) is 0 Å². The molecule has 0 aromatic rings. The molecular weight excluding hydrogens is 1090 g/mol. The number of carbonyl (C=O) groups excluding carboxylic acids is 7. The molecule has 1 fully saturated rings. The van der Waals surface area contributed by atoms with E-state index in [1.807, 2.05) is 58.6 Å². The van der Waals surface area contributed by atoms with Gasteiger partial charge in [-0.1, -0.05) is 249 Å². The van der Waals surface area contributed by atoms with Crippen molar-refractivity contribution in [2.24, 2.45) is 17.6 Å². The van der Waals surface area contributed by atoms with E-state index < -0.39 is 17.9 Å². The summed E-state index contributed by atoms with van der Waals surface area (Å²) >= 11 is 0. The van der Waals surface area contributed by atoms with Gasteiger partial charge in [0.05, 0.1) is 52.1 Å². The van der Waals surface area contributed by atoms with Crippen LogP contribution >= 0.6 is 0 Å². The van der Waals surface area contributed by atoms with Crippen LogP contribution in [0.25, 0.3) is 0 Å². The van der Waals surface area contributed by atoms with E-state index in [0.717, 1.165) is 77.0 Å². The number of ether oxygens (including phenoxy) is 5. The molecule has 0 saturated carbocycles. The second-order valence-electron chi connectivity index (χ2n) is 22.4. The van der Waals surface area contributed by atoms with Crippen molar-refractivity contribution in [1.82, 2.24) is 9.80 Å². The molecule has 0 aromatic heterocycles. The lowest BCUT2D eigenvalue weighted by atomic mass is 10.1. The van der Waals surface area contributed by atoms with E-state index in [4.69, 9.17) is 23.7 Å². The van der Waals surface area contributed by atoms with Gasteiger partial charge in [0.2, 0.25) is 11.8 Å². The summed E-state index contributed by atoms with van der Waals surface area (Å²) in [4.78, 5) is 85.3. The fraction of sp³-hybridized carbons (Fsp3) is 0.845. The van der Waals surface area contributed by atoms with Gasteiger partial charge in [-0.15, -0.1) is 6.58 Å². The molecule has 0 aromatic carbocycles. The first-order chi connectivity index (χ1) is 41.3. The molecular formula is C71H139N3O12. The lowest BCUT2D eigenvalue weighted by molar-refractivity contribution is -0.154. The standard InChI is InChI=1S/C32H58N2O7.C14H28O2.C11H22O2.C4H10.C4H8.C3H7NO.C3H6/c1-5-8-10-12-14-16-21-39-29(35)23-33(24-30(36)40-22-17-15-13-11-9-6-2)25-31(37)41-26-28-19-18-20-34(28)32(38)27(4)7-3;1-4-6-7-8-9-10-11-16-14(15)12-13(3)5-2;1-3-5-6-7-8-9-10-13-11(12)4-2;2*1-3-4-2;1-2-3(4)5;1-3-2/h27-28H,5-26H2,1-4H3;13H,4-12H2,1-3H3;3-10H2,1-2H3;3-4H2,1-2H3;3-4H,1-2H3;2H2,1H3,(H2,4,5);3H,1H2,2H3/b;;;;4-3-;;. The van der Waals surface area contributed by atoms with Gasteiger partial charge in [0.25, 0.3) is 0 Å². The molecule has 15 heteroatoms. The Hall–Kier alpha value is -4.27. The highest BCUT2D eigenvalue weighted by Crippen LogP contribution is 2.21. The average molecular weight is 1230 g/mol. The van der Waals surface area contributed by atoms with Crippen molar-refractivity contribution in [3.8, 4) is 0 Å². The highest BCUT2D eigenvalue weighted by atomic mass is 16.6. The Bertz CT molecular complexity index is 1520. The summed E-state index contributed by atoms with van der Waals surface area (Å²) in [6.07, 6.45) is 41.2. The lowest BCUT2D eigenvalue weighted by Gasteiger charge is -2.27. The SMILES string of the molecule is C/C=C\C.C=CC.CCC(N)=O.CCCC.CCCCCCCCOC(=O)CC.CCCCCCCCOC(=O)CC(C)CC.CCCCCCCCOC(=O)CN(CC(=O)OCCCCCCCC)CC(=O)OCC1CCCN1C(=O)C(C)CC. The molecule has 86 heavy (non-hydrogen) atoms. The monoisotopic (exact) mass is 1230 g/mol. The maximum atomic E-state index is 12.7. The van der Waals surface area contributed by atoms with Crippen LogP contribution in [-0.4, -0.2) is 117 Å². The number of primary amides is 1. The number of carbonyl (C=O) groups is 7. The third kappa shape index (κ3) is 75.8. The van der Waals surface area contributed by atoms with Crippen LogP contribution in [0.1, 0.15) is 316 Å². The number of rotatable bonds is 44. The number of likely N-dealkylation sites (tertiary alicyclic amines) is 1. The Balaban J connectivity index is -0.000000287. The molecule has 3 unspecified atom stereocenters. The summed E-state index contributed by atoms with van der Waals surface area (Å²) in [5.41, 5.74) is 4.65. The van der Waals surface area contributed by atoms with Gasteiger partial charge in [-0.25, -0.2) is 0 Å². The molecule has 1 aliphatic heterocycles. The minimum Gasteiger partial charge on any atom is -0.466 e. The van der Waals surface area contributed by atoms with Crippen LogP contribution in [0.4, 0.5) is 0 Å². The van der Waals surface area contributed by atoms with Crippen molar-refractivity contribution in [3.63, 3.8) is 0 Å². The molecule has 0 aliphatic carbocycles. The van der Waals surface area contributed by atoms with E-state index in [-0.39, 0.29) is 62.0 Å². The van der Waals surface area contributed by atoms with Gasteiger partial charge >= 0.3 is 29.8 Å². The van der Waals surface area contributed by atoms with Gasteiger partial charge in [-0.2, -0.15) is 0 Å². The van der Waals surface area contributed by atoms with Crippen molar-refractivity contribution >= 4 is 41.7 Å². The molecule has 0 spiro atoms. The zero-order chi connectivity index (χ0) is 66.3. The summed E-state index contributed by atoms with van der Waals surface area (Å²) in [5, 5.41) is 0. The van der Waals surface area contributed by atoms with Crippen LogP contribution < -0.4 is 5.73 Å². The van der Waals surface area contributed by atoms with Gasteiger partial charge in [0, 0.05) is 31.7 Å². The molecule has 510 valence electrons. The maximum Gasteiger partial charge on any atom is 0.320 e. The van der Waals surface area contributed by atoms with Crippen LogP contribution in [0, 0.1) is 11.8 Å². The molecule has 1 aliphatic rings. The Kier molecular flexibility index (Phi) is 83.0. The van der Waals surface area contributed by atoms with Gasteiger partial charge in [-0.05, 0) is 71.6 Å². The normalized spacial score (nSPS) is 12.7. The molecule has 0 radical (unpaired) electrons. The molecule has 1 heterocycles. The Morgan fingerprint density at radius 1 is 0.477 bits per heavy atom. The number of hydrogen-bond acceptors (Lipinski definition) is 13. The number of nitrogens with zero attached hydrogens (tertiary/aromatic N) is 2. The zero-order valence-corrected chi connectivity index (χ0v) is 58.7. The van der Waals surface area contributed by atoms with Crippen LogP contribution in [-0.2, 0) is 57.2 Å². The summed E-state index contributed by atoms with van der Waals surface area (Å²) in [7, 11) is 0. The molecule has 3 atom stereocenters. The predicted molar refractivity (Wildman–Crippen MR) is 360 cm³/mol. The molecule has 1 rings (SSSR count). The van der Waals surface area contributed by atoms with Crippen LogP contribution in [0.15, 0.2) is 24.8 Å². The van der Waals surface area contributed by atoms with Gasteiger partial charge in [0.15, 0.2) is 0 Å². The molecule has 1 saturated heterocycles. The first-order valence-electron chi connectivity index (χ1n) is 34.6. The fourth-order valence-corrected chi connectivity index (χ4v) is 7.66. The topological polar surface area (TPSA) is 198 Å². The predicted octanol–water partition coefficient (Wildman–Crippen LogP) is 17.8. The average Bonchev–Trinajstić information content (AvgIpc) is 4.17. The molecule has 0 bridgehead atoms. The molecule has 2 amide bonds. The second-order valence-corrected chi connectivity index (χ2v) is 22.4. The van der Waals surface area contributed by atoms with Crippen molar-refractivity contribution in [3.05, 3.63) is 24.8 Å². The highest BCUT2D eigenvalue weighted by molar-refractivity contribution is 5.80. The lowest BCUT2D eigenvalue weighted by Crippen LogP contribution is -2.43. The molecule has 2 N–H and O–H groups in total. The van der Waals surface area contributed by atoms with E-state index in [0.29, 0.717) is 58.2 Å². The number of unbranched alkanes of at least 4 members (excludes halogenated alkanes) is 21. The van der Waals surface area contributed by atoms with Gasteiger partial charge < -0.3 is 34.3 Å². The van der Waals surface area contributed by atoms with E-state index in [9.17, 15) is 33.6 Å². The summed E-state index contributed by atoms with van der Waals surface area (Å²) in [5.74, 6) is -1.35. The maximum absolute atomic E-state index is 12.7. The van der Waals surface area contributed by atoms with E-state index >= 15 is 0 Å². The number of nitrogens with two attached hydrogens (primary N) is 1. The highest BCUT2D eigenvalue weighted by Gasteiger charge is 2.32. The largest absolute Gasteiger partial charge is 0.466 e. The van der Waals surface area contributed by atoms with E-state index in [1.165, 1.54) is 120 Å². The fourth-order valence-electron chi connectivity index (χ4n) is 7.66. The minimum atomic E-state index is -0.541. The van der Waals surface area contributed by atoms with Crippen molar-refractivity contribution in [2.45, 2.75) is 322 Å². The first kappa shape index (κ1) is 92.9. The third-order valence-corrected chi connectivity index (χ3v) is 13.9. The van der Waals surface area contributed by atoms with Crippen LogP contribution in [0.5, 0.6) is 0 Å². The van der Waals surface area contributed by atoms with E-state index in [1.54, 1.807) is 13.0 Å². The zero-order valence-electron chi connectivity index (χ0n) is 58.7. The summed E-state index contributed by atoms with van der Waals surface area (Å²) in [6.45, 7) is 36.1. The van der Waals surface area contributed by atoms with E-state index in [2.05, 4.69) is 67.7 Å². The molecule has 15 nitrogen and oxygen atoms in total. The number of amides is 2. The number of esters is 5. The van der Waals surface area contributed by atoms with Gasteiger partial charge in [0.1, 0.15) is 6.61 Å². The summed E-state index contributed by atoms with van der Waals surface area (Å²) < 4.78 is 26.4.